The van der Waals surface area contributed by atoms with Gasteiger partial charge in [0.1, 0.15) is 0 Å². The Kier molecular flexibility index (Phi) is 3.10. The molecular weight excluding hydrogens is 220 g/mol. The fraction of sp³-hybridized carbons (Fsp3) is 0.333. The second-order valence-electron chi connectivity index (χ2n) is 4.10. The molecule has 17 heavy (non-hydrogen) atoms. The van der Waals surface area contributed by atoms with Gasteiger partial charge < -0.3 is 10.0 Å². The highest BCUT2D eigenvalue weighted by Crippen LogP contribution is 2.19. The van der Waals surface area contributed by atoms with E-state index in [0.717, 1.165) is 16.8 Å². The van der Waals surface area contributed by atoms with Crippen LogP contribution in [-0.2, 0) is 16.2 Å². The van der Waals surface area contributed by atoms with Crippen molar-refractivity contribution in [3.63, 3.8) is 0 Å². The summed E-state index contributed by atoms with van der Waals surface area (Å²) in [7, 11) is 0. The lowest BCUT2D eigenvalue weighted by Gasteiger charge is -2.27. The minimum atomic E-state index is -0.287. The maximum absolute atomic E-state index is 11.3. The highest BCUT2D eigenvalue weighted by Gasteiger charge is 2.22. The van der Waals surface area contributed by atoms with Crippen molar-refractivity contribution >= 4 is 17.5 Å². The smallest absolute Gasteiger partial charge is 0.246 e. The Morgan fingerprint density at radius 3 is 2.47 bits per heavy atom. The quantitative estimate of drug-likeness (QED) is 0.704. The van der Waals surface area contributed by atoms with Gasteiger partial charge in [-0.3, -0.25) is 14.9 Å². The molecule has 0 radical (unpaired) electrons. The van der Waals surface area contributed by atoms with Crippen molar-refractivity contribution in [2.24, 2.45) is 0 Å². The third kappa shape index (κ3) is 2.45. The lowest BCUT2D eigenvalue weighted by atomic mass is 10.1. The van der Waals surface area contributed by atoms with Crippen LogP contribution in [0, 0.1) is 6.92 Å². The van der Waals surface area contributed by atoms with Crippen molar-refractivity contribution < 1.29 is 14.7 Å². The van der Waals surface area contributed by atoms with Crippen LogP contribution in [0.4, 0.5) is 5.69 Å². The largest absolute Gasteiger partial charge is 0.392 e. The van der Waals surface area contributed by atoms with Gasteiger partial charge in [0, 0.05) is 5.69 Å². The number of rotatable bonds is 2. The van der Waals surface area contributed by atoms with Gasteiger partial charge in [0.2, 0.25) is 11.8 Å². The van der Waals surface area contributed by atoms with Gasteiger partial charge in [-0.05, 0) is 30.2 Å². The van der Waals surface area contributed by atoms with Crippen LogP contribution in [0.2, 0.25) is 0 Å². The summed E-state index contributed by atoms with van der Waals surface area (Å²) in [5.41, 5.74) is 2.62. The number of carbonyl (C=O) groups excluding carboxylic acids is 2. The van der Waals surface area contributed by atoms with Crippen LogP contribution in [0.5, 0.6) is 0 Å². The topological polar surface area (TPSA) is 69.6 Å². The van der Waals surface area contributed by atoms with Crippen LogP contribution in [0.15, 0.2) is 18.2 Å². The Morgan fingerprint density at radius 2 is 1.94 bits per heavy atom. The second kappa shape index (κ2) is 4.55. The van der Waals surface area contributed by atoms with Crippen molar-refractivity contribution in [2.75, 3.05) is 18.0 Å². The summed E-state index contributed by atoms with van der Waals surface area (Å²) in [6, 6.07) is 5.49. The third-order valence-electron chi connectivity index (χ3n) is 2.81. The third-order valence-corrected chi connectivity index (χ3v) is 2.81. The van der Waals surface area contributed by atoms with Crippen molar-refractivity contribution in [3.05, 3.63) is 29.3 Å². The molecule has 1 aliphatic heterocycles. The summed E-state index contributed by atoms with van der Waals surface area (Å²) in [5, 5.41) is 11.3. The summed E-state index contributed by atoms with van der Waals surface area (Å²) >= 11 is 0. The molecule has 5 heteroatoms. The Labute approximate surface area is 99.0 Å². The van der Waals surface area contributed by atoms with Crippen molar-refractivity contribution in [1.82, 2.24) is 5.32 Å². The normalized spacial score (nSPS) is 16.0. The van der Waals surface area contributed by atoms with E-state index in [4.69, 9.17) is 5.11 Å². The van der Waals surface area contributed by atoms with E-state index in [0.29, 0.717) is 0 Å². The SMILES string of the molecule is Cc1cc(N2CC(=O)NC(=O)C2)ccc1CO. The molecule has 2 N–H and O–H groups in total. The molecule has 90 valence electrons. The van der Waals surface area contributed by atoms with Crippen molar-refractivity contribution in [1.29, 1.82) is 0 Å². The van der Waals surface area contributed by atoms with E-state index in [1.54, 1.807) is 4.90 Å². The molecular formula is C12H14N2O3. The molecule has 1 heterocycles. The van der Waals surface area contributed by atoms with Gasteiger partial charge in [0.05, 0.1) is 19.7 Å². The van der Waals surface area contributed by atoms with E-state index in [1.165, 1.54) is 0 Å². The van der Waals surface area contributed by atoms with E-state index < -0.39 is 0 Å². The number of nitrogens with zero attached hydrogens (tertiary/aromatic N) is 1. The number of hydrogen-bond donors (Lipinski definition) is 2. The number of hydrogen-bond acceptors (Lipinski definition) is 4. The average molecular weight is 234 g/mol. The fourth-order valence-corrected chi connectivity index (χ4v) is 1.87. The van der Waals surface area contributed by atoms with E-state index in [2.05, 4.69) is 5.32 Å². The summed E-state index contributed by atoms with van der Waals surface area (Å²) in [6.07, 6.45) is 0. The molecule has 0 saturated carbocycles. The average Bonchev–Trinajstić information content (AvgIpc) is 2.27. The predicted octanol–water partition coefficient (Wildman–Crippen LogP) is -0.0499. The monoisotopic (exact) mass is 234 g/mol. The van der Waals surface area contributed by atoms with Crippen LogP contribution >= 0.6 is 0 Å². The maximum atomic E-state index is 11.3. The molecule has 2 rings (SSSR count). The Bertz CT molecular complexity index is 455. The number of benzene rings is 1. The molecule has 1 aromatic carbocycles. The molecule has 0 aromatic heterocycles. The number of nitrogens with one attached hydrogen (secondary N) is 1. The van der Waals surface area contributed by atoms with Gasteiger partial charge in [-0.25, -0.2) is 0 Å². The molecule has 1 aliphatic rings. The van der Waals surface area contributed by atoms with Crippen molar-refractivity contribution in [3.8, 4) is 0 Å². The molecule has 0 bridgehead atoms. The molecule has 1 fully saturated rings. The molecule has 0 aliphatic carbocycles. The van der Waals surface area contributed by atoms with Crippen LogP contribution in [0.25, 0.3) is 0 Å². The highest BCUT2D eigenvalue weighted by atomic mass is 16.3. The zero-order chi connectivity index (χ0) is 12.4. The Hall–Kier alpha value is -1.88. The van der Waals surface area contributed by atoms with E-state index in [-0.39, 0.29) is 31.5 Å². The lowest BCUT2D eigenvalue weighted by Crippen LogP contribution is -2.51. The molecule has 5 nitrogen and oxygen atoms in total. The molecule has 1 aromatic rings. The maximum Gasteiger partial charge on any atom is 0.246 e. The minimum absolute atomic E-state index is 0.00840. The Balaban J connectivity index is 2.25. The molecule has 1 saturated heterocycles. The molecule has 0 unspecified atom stereocenters. The highest BCUT2D eigenvalue weighted by molar-refractivity contribution is 6.02. The van der Waals surface area contributed by atoms with Crippen LogP contribution in [-0.4, -0.2) is 30.0 Å². The van der Waals surface area contributed by atoms with Crippen LogP contribution < -0.4 is 10.2 Å². The van der Waals surface area contributed by atoms with Gasteiger partial charge in [-0.2, -0.15) is 0 Å². The fourth-order valence-electron chi connectivity index (χ4n) is 1.87. The van der Waals surface area contributed by atoms with E-state index in [1.807, 2.05) is 25.1 Å². The van der Waals surface area contributed by atoms with Crippen LogP contribution in [0.3, 0.4) is 0 Å². The minimum Gasteiger partial charge on any atom is -0.392 e. The standard InChI is InChI=1S/C12H14N2O3/c1-8-4-10(3-2-9(8)7-15)14-5-11(16)13-12(17)6-14/h2-4,15H,5-7H2,1H3,(H,13,16,17). The summed E-state index contributed by atoms with van der Waals surface area (Å²) in [5.74, 6) is -0.574. The predicted molar refractivity (Wildman–Crippen MR) is 62.5 cm³/mol. The number of carbonyl (C=O) groups is 2. The van der Waals surface area contributed by atoms with Gasteiger partial charge >= 0.3 is 0 Å². The summed E-state index contributed by atoms with van der Waals surface area (Å²) < 4.78 is 0. The number of aliphatic hydroxyl groups is 1. The molecule has 0 atom stereocenters. The first-order valence-corrected chi connectivity index (χ1v) is 5.38. The van der Waals surface area contributed by atoms with Crippen LogP contribution in [0.1, 0.15) is 11.1 Å². The zero-order valence-corrected chi connectivity index (χ0v) is 9.56. The summed E-state index contributed by atoms with van der Waals surface area (Å²) in [6.45, 7) is 2.25. The number of imide groups is 1. The van der Waals surface area contributed by atoms with Gasteiger partial charge in [-0.15, -0.1) is 0 Å². The Morgan fingerprint density at radius 1 is 1.29 bits per heavy atom. The van der Waals surface area contributed by atoms with Gasteiger partial charge in [-0.1, -0.05) is 6.07 Å². The van der Waals surface area contributed by atoms with E-state index >= 15 is 0 Å². The zero-order valence-electron chi connectivity index (χ0n) is 9.56. The lowest BCUT2D eigenvalue weighted by molar-refractivity contribution is -0.130. The number of anilines is 1. The number of aliphatic hydroxyl groups excluding tert-OH is 1. The number of amides is 2. The van der Waals surface area contributed by atoms with E-state index in [9.17, 15) is 9.59 Å². The number of aryl methyl sites for hydroxylation is 1. The molecule has 0 spiro atoms. The first kappa shape index (κ1) is 11.6. The summed E-state index contributed by atoms with van der Waals surface area (Å²) in [4.78, 5) is 24.2. The van der Waals surface area contributed by atoms with Gasteiger partial charge in [0.25, 0.3) is 0 Å². The van der Waals surface area contributed by atoms with Gasteiger partial charge in [0.15, 0.2) is 0 Å². The second-order valence-corrected chi connectivity index (χ2v) is 4.10. The molecule has 2 amide bonds. The first-order chi connectivity index (χ1) is 8.10. The first-order valence-electron chi connectivity index (χ1n) is 5.38. The van der Waals surface area contributed by atoms with Crippen molar-refractivity contribution in [2.45, 2.75) is 13.5 Å². The number of piperazine rings is 1.